The summed E-state index contributed by atoms with van der Waals surface area (Å²) in [5, 5.41) is 0. The minimum absolute atomic E-state index is 0.119. The van der Waals surface area contributed by atoms with E-state index in [1.807, 2.05) is 0 Å². The Morgan fingerprint density at radius 3 is 2.38 bits per heavy atom. The Morgan fingerprint density at radius 1 is 1.19 bits per heavy atom. The highest BCUT2D eigenvalue weighted by atomic mass is 16.8. The first kappa shape index (κ1) is 16.4. The van der Waals surface area contributed by atoms with Crippen LogP contribution in [-0.4, -0.2) is 55.4 Å². The van der Waals surface area contributed by atoms with Crippen molar-refractivity contribution in [1.82, 2.24) is 0 Å². The molecule has 2 rings (SSSR count). The molecule has 0 unspecified atom stereocenters. The Morgan fingerprint density at radius 2 is 1.81 bits per heavy atom. The Kier molecular flexibility index (Phi) is 4.67. The summed E-state index contributed by atoms with van der Waals surface area (Å²) >= 11 is 0. The minimum atomic E-state index is -0.857. The molecule has 0 spiro atoms. The monoisotopic (exact) mass is 302 g/mol. The van der Waals surface area contributed by atoms with Crippen LogP contribution in [0, 0.1) is 0 Å². The van der Waals surface area contributed by atoms with E-state index in [4.69, 9.17) is 23.7 Å². The van der Waals surface area contributed by atoms with Gasteiger partial charge in [0.15, 0.2) is 12.1 Å². The number of esters is 1. The Hall–Kier alpha value is -1.02. The average Bonchev–Trinajstić information content (AvgIpc) is 2.83. The van der Waals surface area contributed by atoms with Crippen molar-refractivity contribution in [3.63, 3.8) is 0 Å². The summed E-state index contributed by atoms with van der Waals surface area (Å²) in [7, 11) is 1.49. The summed E-state index contributed by atoms with van der Waals surface area (Å²) in [4.78, 5) is 23.5. The molecule has 0 saturated carbocycles. The second-order valence-corrected chi connectivity index (χ2v) is 5.92. The van der Waals surface area contributed by atoms with Crippen LogP contribution in [0.2, 0.25) is 0 Å². The first-order chi connectivity index (χ1) is 9.73. The Labute approximate surface area is 123 Å². The Balaban J connectivity index is 2.00. The van der Waals surface area contributed by atoms with Gasteiger partial charge in [0.05, 0.1) is 12.2 Å². The fraction of sp³-hybridized carbons (Fsp3) is 0.857. The zero-order valence-corrected chi connectivity index (χ0v) is 13.0. The standard InChI is InChI=1S/C14H22O7/c1-7(2)18-12(16)8(15)6-9-10-11(13(17-5)19-9)21-14(3,4)20-10/h7,9-11,13H,6H2,1-5H3/t9-,10+,11+,13+/m1/s1. The lowest BCUT2D eigenvalue weighted by atomic mass is 10.1. The van der Waals surface area contributed by atoms with E-state index < -0.39 is 42.1 Å². The van der Waals surface area contributed by atoms with Crippen molar-refractivity contribution >= 4 is 11.8 Å². The van der Waals surface area contributed by atoms with E-state index >= 15 is 0 Å². The van der Waals surface area contributed by atoms with Crippen LogP contribution < -0.4 is 0 Å². The first-order valence-electron chi connectivity index (χ1n) is 7.01. The second kappa shape index (κ2) is 6.00. The highest BCUT2D eigenvalue weighted by Crippen LogP contribution is 2.39. The number of ketones is 1. The topological polar surface area (TPSA) is 80.3 Å². The van der Waals surface area contributed by atoms with Gasteiger partial charge in [-0.15, -0.1) is 0 Å². The minimum Gasteiger partial charge on any atom is -0.457 e. The maximum atomic E-state index is 11.9. The van der Waals surface area contributed by atoms with Gasteiger partial charge in [0.2, 0.25) is 5.78 Å². The fourth-order valence-corrected chi connectivity index (χ4v) is 2.54. The molecule has 120 valence electrons. The number of fused-ring (bicyclic) bond motifs is 1. The van der Waals surface area contributed by atoms with Crippen molar-refractivity contribution in [3.05, 3.63) is 0 Å². The largest absolute Gasteiger partial charge is 0.457 e. The number of methoxy groups -OCH3 is 1. The average molecular weight is 302 g/mol. The van der Waals surface area contributed by atoms with Gasteiger partial charge in [0.1, 0.15) is 12.2 Å². The van der Waals surface area contributed by atoms with Gasteiger partial charge in [-0.25, -0.2) is 4.79 Å². The van der Waals surface area contributed by atoms with Crippen molar-refractivity contribution in [1.29, 1.82) is 0 Å². The summed E-state index contributed by atoms with van der Waals surface area (Å²) < 4.78 is 27.1. The molecule has 2 aliphatic rings. The SMILES string of the molecule is CO[C@H]1O[C@H](CC(=O)C(=O)OC(C)C)[C@@H]2OC(C)(C)O[C@H]12. The molecule has 0 N–H and O–H groups in total. The lowest BCUT2D eigenvalue weighted by Gasteiger charge is -2.23. The predicted molar refractivity (Wildman–Crippen MR) is 70.3 cm³/mol. The van der Waals surface area contributed by atoms with E-state index in [1.54, 1.807) is 27.7 Å². The van der Waals surface area contributed by atoms with Gasteiger partial charge < -0.3 is 23.7 Å². The molecule has 0 aromatic rings. The Bertz CT molecular complexity index is 418. The molecule has 2 fully saturated rings. The molecule has 0 radical (unpaired) electrons. The van der Waals surface area contributed by atoms with Gasteiger partial charge >= 0.3 is 5.97 Å². The summed E-state index contributed by atoms with van der Waals surface area (Å²) in [6, 6.07) is 0. The van der Waals surface area contributed by atoms with E-state index in [0.717, 1.165) is 0 Å². The number of Topliss-reactive ketones (excluding diaryl/α,β-unsaturated/α-hetero) is 1. The molecule has 7 nitrogen and oxygen atoms in total. The van der Waals surface area contributed by atoms with Crippen molar-refractivity contribution in [3.8, 4) is 0 Å². The van der Waals surface area contributed by atoms with E-state index in [-0.39, 0.29) is 12.5 Å². The third-order valence-electron chi connectivity index (χ3n) is 3.30. The molecular weight excluding hydrogens is 280 g/mol. The lowest BCUT2D eigenvalue weighted by Crippen LogP contribution is -2.33. The summed E-state index contributed by atoms with van der Waals surface area (Å²) in [5.74, 6) is -2.27. The number of hydrogen-bond acceptors (Lipinski definition) is 7. The van der Waals surface area contributed by atoms with Crippen LogP contribution in [0.5, 0.6) is 0 Å². The van der Waals surface area contributed by atoms with Gasteiger partial charge in [-0.3, -0.25) is 4.79 Å². The van der Waals surface area contributed by atoms with Crippen LogP contribution in [0.4, 0.5) is 0 Å². The number of ether oxygens (including phenoxy) is 5. The molecule has 4 atom stereocenters. The zero-order valence-electron chi connectivity index (χ0n) is 13.0. The molecule has 2 aliphatic heterocycles. The molecule has 0 aliphatic carbocycles. The lowest BCUT2D eigenvalue weighted by molar-refractivity contribution is -0.227. The van der Waals surface area contributed by atoms with Crippen LogP contribution in [0.1, 0.15) is 34.1 Å². The smallest absolute Gasteiger partial charge is 0.374 e. The third kappa shape index (κ3) is 3.60. The van der Waals surface area contributed by atoms with Gasteiger partial charge in [-0.1, -0.05) is 0 Å². The summed E-state index contributed by atoms with van der Waals surface area (Å²) in [6.07, 6.45) is -2.52. The quantitative estimate of drug-likeness (QED) is 0.548. The molecule has 0 aromatic carbocycles. The summed E-state index contributed by atoms with van der Waals surface area (Å²) in [5.41, 5.74) is 0. The van der Waals surface area contributed by atoms with E-state index in [2.05, 4.69) is 0 Å². The van der Waals surface area contributed by atoms with E-state index in [9.17, 15) is 9.59 Å². The zero-order chi connectivity index (χ0) is 15.8. The van der Waals surface area contributed by atoms with Crippen molar-refractivity contribution in [2.24, 2.45) is 0 Å². The fourth-order valence-electron chi connectivity index (χ4n) is 2.54. The molecule has 7 heteroatoms. The number of carbonyl (C=O) groups is 2. The maximum Gasteiger partial charge on any atom is 0.374 e. The molecule has 0 amide bonds. The third-order valence-corrected chi connectivity index (χ3v) is 3.30. The van der Waals surface area contributed by atoms with Gasteiger partial charge in [0, 0.05) is 13.5 Å². The van der Waals surface area contributed by atoms with Gasteiger partial charge in [-0.2, -0.15) is 0 Å². The van der Waals surface area contributed by atoms with Gasteiger partial charge in [0.25, 0.3) is 0 Å². The van der Waals surface area contributed by atoms with Crippen LogP contribution in [0.25, 0.3) is 0 Å². The van der Waals surface area contributed by atoms with Crippen LogP contribution in [0.3, 0.4) is 0 Å². The van der Waals surface area contributed by atoms with Crippen molar-refractivity contribution in [2.45, 2.75) is 70.6 Å². The second-order valence-electron chi connectivity index (χ2n) is 5.92. The normalized spacial score (nSPS) is 34.0. The maximum absolute atomic E-state index is 11.9. The summed E-state index contributed by atoms with van der Waals surface area (Å²) in [6.45, 7) is 6.93. The van der Waals surface area contributed by atoms with Crippen molar-refractivity contribution in [2.75, 3.05) is 7.11 Å². The van der Waals surface area contributed by atoms with Crippen LogP contribution in [0.15, 0.2) is 0 Å². The molecule has 21 heavy (non-hydrogen) atoms. The van der Waals surface area contributed by atoms with Gasteiger partial charge in [-0.05, 0) is 27.7 Å². The van der Waals surface area contributed by atoms with Crippen LogP contribution >= 0.6 is 0 Å². The predicted octanol–water partition coefficient (Wildman–Crippen LogP) is 0.789. The highest BCUT2D eigenvalue weighted by Gasteiger charge is 2.56. The molecule has 0 aromatic heterocycles. The van der Waals surface area contributed by atoms with E-state index in [1.165, 1.54) is 7.11 Å². The number of hydrogen-bond donors (Lipinski definition) is 0. The molecule has 2 heterocycles. The highest BCUT2D eigenvalue weighted by molar-refractivity contribution is 6.33. The van der Waals surface area contributed by atoms with E-state index in [0.29, 0.717) is 0 Å². The molecule has 2 saturated heterocycles. The first-order valence-corrected chi connectivity index (χ1v) is 7.01. The molecule has 0 bridgehead atoms. The molecular formula is C14H22O7. The number of carbonyl (C=O) groups excluding carboxylic acids is 2. The van der Waals surface area contributed by atoms with Crippen molar-refractivity contribution < 1.29 is 33.3 Å². The van der Waals surface area contributed by atoms with Crippen LogP contribution in [-0.2, 0) is 33.3 Å². The number of rotatable bonds is 5.